The molecule has 1 saturated heterocycles. The smallest absolute Gasteiger partial charge is 0.412 e. The summed E-state index contributed by atoms with van der Waals surface area (Å²) in [6, 6.07) is 0. The van der Waals surface area contributed by atoms with Crippen molar-refractivity contribution in [2.45, 2.75) is 58.4 Å². The van der Waals surface area contributed by atoms with Crippen molar-refractivity contribution in [1.29, 1.82) is 0 Å². The van der Waals surface area contributed by atoms with Crippen molar-refractivity contribution in [3.8, 4) is 0 Å². The lowest BCUT2D eigenvalue weighted by atomic mass is 9.91. The summed E-state index contributed by atoms with van der Waals surface area (Å²) in [5, 5.41) is 10.6. The van der Waals surface area contributed by atoms with E-state index in [0.29, 0.717) is 13.0 Å². The second-order valence-electron chi connectivity index (χ2n) is 5.65. The molecule has 0 radical (unpaired) electrons. The summed E-state index contributed by atoms with van der Waals surface area (Å²) in [6.07, 6.45) is 4.53. The number of imidazole rings is 1. The lowest BCUT2D eigenvalue weighted by Crippen LogP contribution is -2.55. The number of amides is 1. The van der Waals surface area contributed by atoms with Crippen LogP contribution in [-0.2, 0) is 11.3 Å². The van der Waals surface area contributed by atoms with Crippen LogP contribution < -0.4 is 0 Å². The zero-order chi connectivity index (χ0) is 15.0. The van der Waals surface area contributed by atoms with Gasteiger partial charge in [0, 0.05) is 25.5 Å². The first kappa shape index (κ1) is 14.8. The van der Waals surface area contributed by atoms with Crippen LogP contribution in [0.15, 0.2) is 12.4 Å². The minimum atomic E-state index is -1.27. The number of carbonyl (C=O) groups is 1. The molecule has 1 aromatic rings. The molecule has 1 N–H and O–H groups in total. The monoisotopic (exact) mass is 281 g/mol. The molecule has 6 nitrogen and oxygen atoms in total. The van der Waals surface area contributed by atoms with Crippen molar-refractivity contribution in [3.05, 3.63) is 18.2 Å². The van der Waals surface area contributed by atoms with Gasteiger partial charge in [0.25, 0.3) is 0 Å². The highest BCUT2D eigenvalue weighted by atomic mass is 16.6. The predicted octanol–water partition coefficient (Wildman–Crippen LogP) is 1.91. The normalized spacial score (nSPS) is 29.9. The van der Waals surface area contributed by atoms with Crippen molar-refractivity contribution >= 4 is 6.09 Å². The Morgan fingerprint density at radius 2 is 2.10 bits per heavy atom. The number of carbonyl (C=O) groups excluding carboxylic acids is 1. The van der Waals surface area contributed by atoms with E-state index in [-0.39, 0.29) is 0 Å². The Balaban J connectivity index is 1.99. The van der Waals surface area contributed by atoms with Gasteiger partial charge in [-0.1, -0.05) is 6.92 Å². The van der Waals surface area contributed by atoms with Gasteiger partial charge in [0.05, 0.1) is 0 Å². The lowest BCUT2D eigenvalue weighted by Gasteiger charge is -2.36. The molecule has 0 aliphatic carbocycles. The van der Waals surface area contributed by atoms with E-state index in [1.807, 2.05) is 24.6 Å². The second-order valence-corrected chi connectivity index (χ2v) is 5.65. The summed E-state index contributed by atoms with van der Waals surface area (Å²) in [5.74, 6) is 0.944. The molecule has 1 aromatic heterocycles. The number of ether oxygens (including phenoxy) is 1. The molecule has 20 heavy (non-hydrogen) atoms. The fourth-order valence-electron chi connectivity index (χ4n) is 2.56. The molecule has 1 aliphatic rings. The van der Waals surface area contributed by atoms with Crippen LogP contribution in [0.5, 0.6) is 0 Å². The molecule has 2 rings (SSSR count). The van der Waals surface area contributed by atoms with E-state index in [1.165, 1.54) is 4.90 Å². The molecule has 0 saturated carbocycles. The molecule has 0 aromatic carbocycles. The van der Waals surface area contributed by atoms with Gasteiger partial charge in [0.15, 0.2) is 11.3 Å². The molecule has 6 heteroatoms. The summed E-state index contributed by atoms with van der Waals surface area (Å²) in [7, 11) is 0. The Bertz CT molecular complexity index is 498. The largest absolute Gasteiger partial charge is 0.438 e. The molecular weight excluding hydrogens is 258 g/mol. The van der Waals surface area contributed by atoms with Crippen LogP contribution in [0.4, 0.5) is 4.79 Å². The first-order valence-electron chi connectivity index (χ1n) is 7.02. The van der Waals surface area contributed by atoms with Crippen molar-refractivity contribution in [1.82, 2.24) is 14.5 Å². The topological polar surface area (TPSA) is 67.6 Å². The van der Waals surface area contributed by atoms with E-state index < -0.39 is 17.4 Å². The van der Waals surface area contributed by atoms with E-state index in [1.54, 1.807) is 20.0 Å². The van der Waals surface area contributed by atoms with Crippen LogP contribution in [0.1, 0.15) is 39.4 Å². The standard InChI is InChI=1S/C14H23N3O3/c1-5-13(3)14(4,19)17(12(18)20-13)9-6-8-16-10-7-15-11(16)2/h7,10,19H,5-6,8-9H2,1-4H3/t13-,14+/m0/s1. The Morgan fingerprint density at radius 3 is 2.60 bits per heavy atom. The van der Waals surface area contributed by atoms with Crippen LogP contribution in [0.25, 0.3) is 0 Å². The quantitative estimate of drug-likeness (QED) is 0.895. The average molecular weight is 281 g/mol. The SMILES string of the molecule is CC[C@]1(C)OC(=O)N(CCCn2ccnc2C)[C@]1(C)O. The fraction of sp³-hybridized carbons (Fsp3) is 0.714. The molecule has 2 heterocycles. The van der Waals surface area contributed by atoms with Crippen molar-refractivity contribution in [3.63, 3.8) is 0 Å². The molecule has 0 bridgehead atoms. The molecule has 1 aliphatic heterocycles. The number of nitrogens with zero attached hydrogens (tertiary/aromatic N) is 3. The van der Waals surface area contributed by atoms with Crippen LogP contribution >= 0.6 is 0 Å². The van der Waals surface area contributed by atoms with Gasteiger partial charge in [0.1, 0.15) is 5.82 Å². The zero-order valence-electron chi connectivity index (χ0n) is 12.6. The first-order chi connectivity index (χ1) is 9.32. The summed E-state index contributed by atoms with van der Waals surface area (Å²) in [6.45, 7) is 8.47. The van der Waals surface area contributed by atoms with Crippen LogP contribution in [0.2, 0.25) is 0 Å². The van der Waals surface area contributed by atoms with Crippen molar-refractivity contribution in [2.75, 3.05) is 6.54 Å². The molecule has 2 atom stereocenters. The van der Waals surface area contributed by atoms with Gasteiger partial charge >= 0.3 is 6.09 Å². The van der Waals surface area contributed by atoms with Crippen molar-refractivity contribution < 1.29 is 14.6 Å². The minimum absolute atomic E-state index is 0.443. The van der Waals surface area contributed by atoms with Crippen LogP contribution in [-0.4, -0.2) is 43.5 Å². The number of hydrogen-bond donors (Lipinski definition) is 1. The highest BCUT2D eigenvalue weighted by molar-refractivity contribution is 5.72. The van der Waals surface area contributed by atoms with Gasteiger partial charge in [-0.3, -0.25) is 4.90 Å². The van der Waals surface area contributed by atoms with E-state index in [2.05, 4.69) is 4.98 Å². The third kappa shape index (κ3) is 2.28. The number of aryl methyl sites for hydroxylation is 2. The minimum Gasteiger partial charge on any atom is -0.438 e. The van der Waals surface area contributed by atoms with Gasteiger partial charge in [-0.2, -0.15) is 0 Å². The molecule has 1 fully saturated rings. The van der Waals surface area contributed by atoms with Gasteiger partial charge in [-0.05, 0) is 33.6 Å². The molecule has 0 spiro atoms. The average Bonchev–Trinajstić information content (AvgIpc) is 2.85. The first-order valence-corrected chi connectivity index (χ1v) is 7.02. The maximum absolute atomic E-state index is 11.9. The fourth-order valence-corrected chi connectivity index (χ4v) is 2.56. The summed E-state index contributed by atoms with van der Waals surface area (Å²) in [5.41, 5.74) is -2.13. The summed E-state index contributed by atoms with van der Waals surface area (Å²) >= 11 is 0. The lowest BCUT2D eigenvalue weighted by molar-refractivity contribution is -0.137. The Hall–Kier alpha value is -1.56. The number of aromatic nitrogens is 2. The van der Waals surface area contributed by atoms with E-state index in [4.69, 9.17) is 4.74 Å². The number of hydrogen-bond acceptors (Lipinski definition) is 4. The number of aliphatic hydroxyl groups is 1. The second kappa shape index (κ2) is 5.09. The Kier molecular flexibility index (Phi) is 3.77. The Labute approximate surface area is 119 Å². The summed E-state index contributed by atoms with van der Waals surface area (Å²) in [4.78, 5) is 17.5. The summed E-state index contributed by atoms with van der Waals surface area (Å²) < 4.78 is 7.38. The van der Waals surface area contributed by atoms with Crippen LogP contribution in [0.3, 0.4) is 0 Å². The highest BCUT2D eigenvalue weighted by Gasteiger charge is 2.57. The maximum atomic E-state index is 11.9. The molecule has 1 amide bonds. The zero-order valence-corrected chi connectivity index (χ0v) is 12.6. The third-order valence-corrected chi connectivity index (χ3v) is 4.44. The molecule has 112 valence electrons. The Morgan fingerprint density at radius 1 is 1.40 bits per heavy atom. The molecular formula is C14H23N3O3. The third-order valence-electron chi connectivity index (χ3n) is 4.44. The number of cyclic esters (lactones) is 1. The van der Waals surface area contributed by atoms with E-state index in [9.17, 15) is 9.90 Å². The number of rotatable bonds is 5. The van der Waals surface area contributed by atoms with Gasteiger partial charge in [0.2, 0.25) is 0 Å². The van der Waals surface area contributed by atoms with Gasteiger partial charge < -0.3 is 14.4 Å². The maximum Gasteiger partial charge on any atom is 0.412 e. The van der Waals surface area contributed by atoms with Gasteiger partial charge in [-0.15, -0.1) is 0 Å². The van der Waals surface area contributed by atoms with E-state index >= 15 is 0 Å². The predicted molar refractivity (Wildman–Crippen MR) is 74.1 cm³/mol. The highest BCUT2D eigenvalue weighted by Crippen LogP contribution is 2.39. The van der Waals surface area contributed by atoms with Gasteiger partial charge in [-0.25, -0.2) is 9.78 Å². The van der Waals surface area contributed by atoms with Crippen molar-refractivity contribution in [2.24, 2.45) is 0 Å². The molecule has 0 unspecified atom stereocenters. The van der Waals surface area contributed by atoms with Crippen LogP contribution in [0, 0.1) is 6.92 Å². The van der Waals surface area contributed by atoms with E-state index in [0.717, 1.165) is 18.8 Å².